The van der Waals surface area contributed by atoms with Crippen LogP contribution in [0.2, 0.25) is 0 Å². The summed E-state index contributed by atoms with van der Waals surface area (Å²) in [6.45, 7) is 2.23. The minimum absolute atomic E-state index is 0.267. The van der Waals surface area contributed by atoms with Gasteiger partial charge in [-0.2, -0.15) is 0 Å². The molecule has 88 valence electrons. The second-order valence-electron chi connectivity index (χ2n) is 4.71. The summed E-state index contributed by atoms with van der Waals surface area (Å²) in [6, 6.07) is 3.96. The molecule has 0 amide bonds. The first kappa shape index (κ1) is 10.4. The number of pyridine rings is 1. The van der Waals surface area contributed by atoms with Crippen LogP contribution in [0.4, 0.5) is 5.82 Å². The molecule has 0 radical (unpaired) electrons. The fourth-order valence-electron chi connectivity index (χ4n) is 2.37. The molecular formula is C13H16N4. The molecule has 0 unspecified atom stereocenters. The van der Waals surface area contributed by atoms with Crippen LogP contribution in [0.5, 0.6) is 0 Å². The SMILES string of the molecule is CCC1(Nc2ccc3nccnc3n2)CCC1. The second-order valence-corrected chi connectivity index (χ2v) is 4.71. The average molecular weight is 228 g/mol. The van der Waals surface area contributed by atoms with Crippen molar-refractivity contribution in [1.29, 1.82) is 0 Å². The third-order valence-electron chi connectivity index (χ3n) is 3.71. The first-order valence-electron chi connectivity index (χ1n) is 6.17. The minimum Gasteiger partial charge on any atom is -0.365 e. The molecule has 1 aliphatic rings. The Labute approximate surface area is 101 Å². The third-order valence-corrected chi connectivity index (χ3v) is 3.71. The molecule has 0 aromatic carbocycles. The predicted molar refractivity (Wildman–Crippen MR) is 67.8 cm³/mol. The van der Waals surface area contributed by atoms with Crippen LogP contribution in [0.15, 0.2) is 24.5 Å². The molecule has 2 aromatic rings. The van der Waals surface area contributed by atoms with Gasteiger partial charge in [0, 0.05) is 17.9 Å². The minimum atomic E-state index is 0.267. The van der Waals surface area contributed by atoms with Crippen molar-refractivity contribution in [2.45, 2.75) is 38.1 Å². The summed E-state index contributed by atoms with van der Waals surface area (Å²) in [5.74, 6) is 0.916. The lowest BCUT2D eigenvalue weighted by Crippen LogP contribution is -2.44. The van der Waals surface area contributed by atoms with Crippen LogP contribution in [-0.4, -0.2) is 20.5 Å². The quantitative estimate of drug-likeness (QED) is 0.877. The maximum absolute atomic E-state index is 4.51. The lowest BCUT2D eigenvalue weighted by atomic mass is 9.75. The number of hydrogen-bond acceptors (Lipinski definition) is 4. The van der Waals surface area contributed by atoms with E-state index in [4.69, 9.17) is 0 Å². The number of fused-ring (bicyclic) bond motifs is 1. The smallest absolute Gasteiger partial charge is 0.180 e. The number of aromatic nitrogens is 3. The molecule has 2 aromatic heterocycles. The van der Waals surface area contributed by atoms with Crippen molar-refractivity contribution in [3.63, 3.8) is 0 Å². The third kappa shape index (κ3) is 1.84. The lowest BCUT2D eigenvalue weighted by molar-refractivity contribution is 0.269. The topological polar surface area (TPSA) is 50.7 Å². The molecule has 1 aliphatic carbocycles. The zero-order valence-electron chi connectivity index (χ0n) is 9.98. The molecule has 0 bridgehead atoms. The van der Waals surface area contributed by atoms with E-state index in [2.05, 4.69) is 27.2 Å². The molecule has 1 fully saturated rings. The van der Waals surface area contributed by atoms with Crippen molar-refractivity contribution in [2.75, 3.05) is 5.32 Å². The van der Waals surface area contributed by atoms with Crippen LogP contribution in [0.25, 0.3) is 11.2 Å². The highest BCUT2D eigenvalue weighted by molar-refractivity contribution is 5.71. The molecule has 4 nitrogen and oxygen atoms in total. The number of hydrogen-bond donors (Lipinski definition) is 1. The number of nitrogens with one attached hydrogen (secondary N) is 1. The summed E-state index contributed by atoms with van der Waals surface area (Å²) in [5, 5.41) is 3.55. The highest BCUT2D eigenvalue weighted by Crippen LogP contribution is 2.37. The van der Waals surface area contributed by atoms with Gasteiger partial charge in [-0.25, -0.2) is 9.97 Å². The lowest BCUT2D eigenvalue weighted by Gasteiger charge is -2.42. The van der Waals surface area contributed by atoms with Crippen molar-refractivity contribution >= 4 is 17.0 Å². The Balaban J connectivity index is 1.90. The molecule has 0 saturated heterocycles. The summed E-state index contributed by atoms with van der Waals surface area (Å²) < 4.78 is 0. The molecule has 0 atom stereocenters. The Bertz CT molecular complexity index is 528. The van der Waals surface area contributed by atoms with Gasteiger partial charge in [-0.1, -0.05) is 6.92 Å². The average Bonchev–Trinajstić information content (AvgIpc) is 2.34. The van der Waals surface area contributed by atoms with E-state index in [9.17, 15) is 0 Å². The van der Waals surface area contributed by atoms with E-state index in [-0.39, 0.29) is 5.54 Å². The van der Waals surface area contributed by atoms with Gasteiger partial charge in [0.25, 0.3) is 0 Å². The Hall–Kier alpha value is -1.71. The monoisotopic (exact) mass is 228 g/mol. The van der Waals surface area contributed by atoms with E-state index >= 15 is 0 Å². The summed E-state index contributed by atoms with van der Waals surface area (Å²) in [7, 11) is 0. The molecule has 2 heterocycles. The van der Waals surface area contributed by atoms with E-state index in [0.717, 1.165) is 17.8 Å². The molecule has 3 rings (SSSR count). The Morgan fingerprint density at radius 1 is 1.24 bits per heavy atom. The maximum atomic E-state index is 4.51. The first-order chi connectivity index (χ1) is 8.31. The van der Waals surface area contributed by atoms with E-state index in [1.165, 1.54) is 19.3 Å². The maximum Gasteiger partial charge on any atom is 0.180 e. The highest BCUT2D eigenvalue weighted by atomic mass is 15.1. The molecular weight excluding hydrogens is 212 g/mol. The van der Waals surface area contributed by atoms with Crippen molar-refractivity contribution in [2.24, 2.45) is 0 Å². The van der Waals surface area contributed by atoms with Crippen LogP contribution in [0.3, 0.4) is 0 Å². The van der Waals surface area contributed by atoms with Crippen molar-refractivity contribution in [3.8, 4) is 0 Å². The highest BCUT2D eigenvalue weighted by Gasteiger charge is 2.35. The van der Waals surface area contributed by atoms with Gasteiger partial charge >= 0.3 is 0 Å². The van der Waals surface area contributed by atoms with Crippen molar-refractivity contribution in [3.05, 3.63) is 24.5 Å². The zero-order valence-corrected chi connectivity index (χ0v) is 9.98. The van der Waals surface area contributed by atoms with E-state index in [1.54, 1.807) is 12.4 Å². The molecule has 1 saturated carbocycles. The standard InChI is InChI=1S/C13H16N4/c1-2-13(6-3-7-13)17-11-5-4-10-12(16-11)15-9-8-14-10/h4-5,8-9H,2-3,6-7H2,1H3,(H,15,16,17). The van der Waals surface area contributed by atoms with Crippen LogP contribution in [0.1, 0.15) is 32.6 Å². The van der Waals surface area contributed by atoms with Crippen LogP contribution in [0, 0.1) is 0 Å². The van der Waals surface area contributed by atoms with E-state index in [1.807, 2.05) is 12.1 Å². The Morgan fingerprint density at radius 2 is 2.06 bits per heavy atom. The summed E-state index contributed by atoms with van der Waals surface area (Å²) >= 11 is 0. The van der Waals surface area contributed by atoms with Crippen molar-refractivity contribution in [1.82, 2.24) is 15.0 Å². The fourth-order valence-corrected chi connectivity index (χ4v) is 2.37. The number of anilines is 1. The zero-order chi connectivity index (χ0) is 11.7. The van der Waals surface area contributed by atoms with Gasteiger partial charge in [-0.3, -0.25) is 4.98 Å². The fraction of sp³-hybridized carbons (Fsp3) is 0.462. The summed E-state index contributed by atoms with van der Waals surface area (Å²) in [6.07, 6.45) is 8.31. The molecule has 4 heteroatoms. The van der Waals surface area contributed by atoms with Gasteiger partial charge in [0.05, 0.1) is 0 Å². The molecule has 1 N–H and O–H groups in total. The predicted octanol–water partition coefficient (Wildman–Crippen LogP) is 2.77. The molecule has 17 heavy (non-hydrogen) atoms. The largest absolute Gasteiger partial charge is 0.365 e. The molecule has 0 spiro atoms. The van der Waals surface area contributed by atoms with Crippen molar-refractivity contribution < 1.29 is 0 Å². The number of rotatable bonds is 3. The van der Waals surface area contributed by atoms with Gasteiger partial charge < -0.3 is 5.32 Å². The normalized spacial score (nSPS) is 17.7. The second kappa shape index (κ2) is 3.95. The van der Waals surface area contributed by atoms with Gasteiger partial charge in [-0.05, 0) is 37.8 Å². The van der Waals surface area contributed by atoms with E-state index < -0.39 is 0 Å². The van der Waals surface area contributed by atoms with E-state index in [0.29, 0.717) is 5.65 Å². The molecule has 0 aliphatic heterocycles. The Morgan fingerprint density at radius 3 is 2.76 bits per heavy atom. The van der Waals surface area contributed by atoms with Crippen LogP contribution >= 0.6 is 0 Å². The van der Waals surface area contributed by atoms with Crippen LogP contribution in [-0.2, 0) is 0 Å². The van der Waals surface area contributed by atoms with Gasteiger partial charge in [-0.15, -0.1) is 0 Å². The van der Waals surface area contributed by atoms with Gasteiger partial charge in [0.2, 0.25) is 0 Å². The summed E-state index contributed by atoms with van der Waals surface area (Å²) in [5.41, 5.74) is 1.82. The summed E-state index contributed by atoms with van der Waals surface area (Å²) in [4.78, 5) is 13.0. The van der Waals surface area contributed by atoms with Crippen LogP contribution < -0.4 is 5.32 Å². The van der Waals surface area contributed by atoms with Gasteiger partial charge in [0.1, 0.15) is 11.3 Å². The Kier molecular flexibility index (Phi) is 2.42. The van der Waals surface area contributed by atoms with Gasteiger partial charge in [0.15, 0.2) is 5.65 Å². The number of nitrogens with zero attached hydrogens (tertiary/aromatic N) is 3. The first-order valence-corrected chi connectivity index (χ1v) is 6.17.